The highest BCUT2D eigenvalue weighted by Gasteiger charge is 2.22. The second-order valence-corrected chi connectivity index (χ2v) is 5.41. The molecule has 1 saturated heterocycles. The van der Waals surface area contributed by atoms with Crippen LogP contribution in [0.25, 0.3) is 0 Å². The third kappa shape index (κ3) is 3.28. The van der Waals surface area contributed by atoms with Gasteiger partial charge in [-0.1, -0.05) is 18.6 Å². The number of nitrogens with zero attached hydrogens (tertiary/aromatic N) is 2. The largest absolute Gasteiger partial charge is 0.380 e. The van der Waals surface area contributed by atoms with Gasteiger partial charge in [0.15, 0.2) is 0 Å². The first-order valence-electron chi connectivity index (χ1n) is 7.37. The van der Waals surface area contributed by atoms with Crippen LogP contribution in [0, 0.1) is 10.1 Å². The maximum atomic E-state index is 11.2. The van der Waals surface area contributed by atoms with Crippen LogP contribution in [0.3, 0.4) is 0 Å². The molecule has 1 aromatic rings. The summed E-state index contributed by atoms with van der Waals surface area (Å²) in [4.78, 5) is 13.3. The molecule has 5 nitrogen and oxygen atoms in total. The molecule has 1 atom stereocenters. The van der Waals surface area contributed by atoms with Gasteiger partial charge in [-0.2, -0.15) is 0 Å². The van der Waals surface area contributed by atoms with Gasteiger partial charge in [-0.3, -0.25) is 15.0 Å². The quantitative estimate of drug-likeness (QED) is 0.662. The van der Waals surface area contributed by atoms with E-state index in [0.717, 1.165) is 18.7 Å². The lowest BCUT2D eigenvalue weighted by atomic mass is 10.0. The van der Waals surface area contributed by atoms with E-state index < -0.39 is 0 Å². The first-order valence-corrected chi connectivity index (χ1v) is 7.37. The Kier molecular flexibility index (Phi) is 4.95. The Morgan fingerprint density at radius 3 is 2.90 bits per heavy atom. The molecule has 110 valence electrons. The Labute approximate surface area is 120 Å². The summed E-state index contributed by atoms with van der Waals surface area (Å²) in [5.41, 5.74) is 1.88. The van der Waals surface area contributed by atoms with Gasteiger partial charge in [-0.25, -0.2) is 0 Å². The Bertz CT molecular complexity index is 476. The van der Waals surface area contributed by atoms with E-state index in [2.05, 4.69) is 17.1 Å². The molecule has 0 aromatic heterocycles. The Morgan fingerprint density at radius 1 is 1.45 bits per heavy atom. The minimum atomic E-state index is -0.304. The molecule has 0 spiro atoms. The van der Waals surface area contributed by atoms with E-state index in [1.807, 2.05) is 13.0 Å². The van der Waals surface area contributed by atoms with Crippen LogP contribution in [-0.2, 0) is 6.54 Å². The second kappa shape index (κ2) is 6.70. The topological polar surface area (TPSA) is 58.4 Å². The zero-order chi connectivity index (χ0) is 14.5. The van der Waals surface area contributed by atoms with Gasteiger partial charge in [-0.15, -0.1) is 0 Å². The lowest BCUT2D eigenvalue weighted by Crippen LogP contribution is -2.36. The smallest absolute Gasteiger partial charge is 0.292 e. The summed E-state index contributed by atoms with van der Waals surface area (Å²) in [6.07, 6.45) is 3.72. The predicted octanol–water partition coefficient (Wildman–Crippen LogP) is 3.40. The maximum Gasteiger partial charge on any atom is 0.292 e. The standard InChI is InChI=1S/C15H23N3O2/c1-3-16-15-13(8-6-9-14(15)18(19)20)11-17-10-5-4-7-12(17)2/h6,8-9,12,16H,3-5,7,10-11H2,1-2H3. The molecule has 1 aliphatic heterocycles. The van der Waals surface area contributed by atoms with Crippen LogP contribution >= 0.6 is 0 Å². The summed E-state index contributed by atoms with van der Waals surface area (Å²) in [6, 6.07) is 5.90. The number of rotatable bonds is 5. The number of likely N-dealkylation sites (tertiary alicyclic amines) is 1. The van der Waals surface area contributed by atoms with E-state index in [9.17, 15) is 10.1 Å². The molecule has 1 fully saturated rings. The normalized spacial score (nSPS) is 19.8. The Hall–Kier alpha value is -1.62. The molecule has 0 aliphatic carbocycles. The van der Waals surface area contributed by atoms with E-state index in [-0.39, 0.29) is 10.6 Å². The SMILES string of the molecule is CCNc1c(CN2CCCCC2C)cccc1[N+](=O)[O-]. The lowest BCUT2D eigenvalue weighted by molar-refractivity contribution is -0.384. The minimum absolute atomic E-state index is 0.175. The highest BCUT2D eigenvalue weighted by Crippen LogP contribution is 2.30. The summed E-state index contributed by atoms with van der Waals surface area (Å²) < 4.78 is 0. The number of piperidine rings is 1. The Morgan fingerprint density at radius 2 is 2.25 bits per heavy atom. The first kappa shape index (κ1) is 14.8. The van der Waals surface area contributed by atoms with Crippen molar-refractivity contribution in [2.75, 3.05) is 18.4 Å². The fourth-order valence-electron chi connectivity index (χ4n) is 2.86. The lowest BCUT2D eigenvalue weighted by Gasteiger charge is -2.33. The molecular weight excluding hydrogens is 254 g/mol. The highest BCUT2D eigenvalue weighted by molar-refractivity contribution is 5.66. The number of nitro groups is 1. The molecule has 5 heteroatoms. The van der Waals surface area contributed by atoms with Gasteiger partial charge < -0.3 is 5.32 Å². The van der Waals surface area contributed by atoms with Crippen LogP contribution in [0.1, 0.15) is 38.7 Å². The van der Waals surface area contributed by atoms with E-state index >= 15 is 0 Å². The summed E-state index contributed by atoms with van der Waals surface area (Å²) in [5.74, 6) is 0. The van der Waals surface area contributed by atoms with Gasteiger partial charge in [0.1, 0.15) is 5.69 Å². The average Bonchev–Trinajstić information content (AvgIpc) is 2.43. The average molecular weight is 277 g/mol. The van der Waals surface area contributed by atoms with Gasteiger partial charge >= 0.3 is 0 Å². The van der Waals surface area contributed by atoms with Gasteiger partial charge in [-0.05, 0) is 38.8 Å². The molecule has 1 aliphatic rings. The number of benzene rings is 1. The van der Waals surface area contributed by atoms with Gasteiger partial charge in [0.25, 0.3) is 5.69 Å². The molecule has 0 amide bonds. The van der Waals surface area contributed by atoms with Crippen molar-refractivity contribution >= 4 is 11.4 Å². The zero-order valence-electron chi connectivity index (χ0n) is 12.3. The van der Waals surface area contributed by atoms with E-state index in [4.69, 9.17) is 0 Å². The Balaban J connectivity index is 2.25. The first-order chi connectivity index (χ1) is 9.63. The van der Waals surface area contributed by atoms with Crippen molar-refractivity contribution in [3.63, 3.8) is 0 Å². The van der Waals surface area contributed by atoms with Crippen LogP contribution < -0.4 is 5.32 Å². The van der Waals surface area contributed by atoms with Crippen molar-refractivity contribution in [2.24, 2.45) is 0 Å². The fraction of sp³-hybridized carbons (Fsp3) is 0.600. The van der Waals surface area contributed by atoms with E-state index in [1.165, 1.54) is 19.3 Å². The molecule has 20 heavy (non-hydrogen) atoms. The van der Waals surface area contributed by atoms with Crippen LogP contribution in [0.4, 0.5) is 11.4 Å². The van der Waals surface area contributed by atoms with E-state index in [0.29, 0.717) is 18.3 Å². The molecule has 1 aromatic carbocycles. The van der Waals surface area contributed by atoms with Crippen LogP contribution in [-0.4, -0.2) is 29.0 Å². The van der Waals surface area contributed by atoms with Crippen molar-refractivity contribution in [1.82, 2.24) is 4.90 Å². The monoisotopic (exact) mass is 277 g/mol. The molecule has 0 saturated carbocycles. The molecule has 0 radical (unpaired) electrons. The number of nitrogens with one attached hydrogen (secondary N) is 1. The molecule has 1 N–H and O–H groups in total. The van der Waals surface area contributed by atoms with Crippen molar-refractivity contribution in [2.45, 2.75) is 45.7 Å². The number of hydrogen-bond acceptors (Lipinski definition) is 4. The number of hydrogen-bond donors (Lipinski definition) is 1. The number of nitro benzene ring substituents is 1. The van der Waals surface area contributed by atoms with Gasteiger partial charge in [0.05, 0.1) is 4.92 Å². The highest BCUT2D eigenvalue weighted by atomic mass is 16.6. The molecule has 0 bridgehead atoms. The third-order valence-electron chi connectivity index (χ3n) is 3.99. The molecule has 1 heterocycles. The van der Waals surface area contributed by atoms with Crippen LogP contribution in [0.2, 0.25) is 0 Å². The van der Waals surface area contributed by atoms with Crippen molar-refractivity contribution in [3.05, 3.63) is 33.9 Å². The summed E-state index contributed by atoms with van der Waals surface area (Å²) in [5, 5.41) is 14.3. The molecular formula is C15H23N3O2. The summed E-state index contributed by atoms with van der Waals surface area (Å²) in [7, 11) is 0. The molecule has 2 rings (SSSR count). The number of anilines is 1. The number of para-hydroxylation sites is 1. The third-order valence-corrected chi connectivity index (χ3v) is 3.99. The van der Waals surface area contributed by atoms with Crippen LogP contribution in [0.5, 0.6) is 0 Å². The van der Waals surface area contributed by atoms with Crippen molar-refractivity contribution in [1.29, 1.82) is 0 Å². The van der Waals surface area contributed by atoms with Gasteiger partial charge in [0, 0.05) is 25.2 Å². The fourth-order valence-corrected chi connectivity index (χ4v) is 2.86. The summed E-state index contributed by atoms with van der Waals surface area (Å²) in [6.45, 7) is 6.75. The predicted molar refractivity (Wildman–Crippen MR) is 81.0 cm³/mol. The molecule has 1 unspecified atom stereocenters. The maximum absolute atomic E-state index is 11.2. The summed E-state index contributed by atoms with van der Waals surface area (Å²) >= 11 is 0. The van der Waals surface area contributed by atoms with Crippen molar-refractivity contribution in [3.8, 4) is 0 Å². The van der Waals surface area contributed by atoms with E-state index in [1.54, 1.807) is 12.1 Å². The second-order valence-electron chi connectivity index (χ2n) is 5.41. The van der Waals surface area contributed by atoms with Gasteiger partial charge in [0.2, 0.25) is 0 Å². The minimum Gasteiger partial charge on any atom is -0.380 e. The zero-order valence-corrected chi connectivity index (χ0v) is 12.3. The van der Waals surface area contributed by atoms with Crippen LogP contribution in [0.15, 0.2) is 18.2 Å². The van der Waals surface area contributed by atoms with Crippen molar-refractivity contribution < 1.29 is 4.92 Å².